The lowest BCUT2D eigenvalue weighted by Gasteiger charge is -2.16. The zero-order valence-electron chi connectivity index (χ0n) is 9.17. The third-order valence-electron chi connectivity index (χ3n) is 2.20. The Hall–Kier alpha value is -1.15. The van der Waals surface area contributed by atoms with E-state index in [0.29, 0.717) is 0 Å². The van der Waals surface area contributed by atoms with E-state index in [1.807, 2.05) is 6.20 Å². The first-order valence-corrected chi connectivity index (χ1v) is 8.23. The van der Waals surface area contributed by atoms with E-state index in [-0.39, 0.29) is 0 Å². The van der Waals surface area contributed by atoms with Crippen LogP contribution in [0.15, 0.2) is 37.6 Å². The minimum atomic E-state index is -1.24. The van der Waals surface area contributed by atoms with Crippen molar-refractivity contribution in [3.63, 3.8) is 0 Å². The van der Waals surface area contributed by atoms with Crippen LogP contribution in [0, 0.1) is 0 Å². The number of allylic oxidation sites excluding steroid dienone is 2. The minimum absolute atomic E-state index is 0.894. The molecule has 0 aliphatic carbocycles. The molecule has 0 radical (unpaired) electrons. The van der Waals surface area contributed by atoms with E-state index in [1.54, 1.807) is 6.08 Å². The summed E-state index contributed by atoms with van der Waals surface area (Å²) in [6.45, 7) is 14.6. The third-order valence-corrected chi connectivity index (χ3v) is 4.24. The first kappa shape index (κ1) is 10.9. The SMILES string of the molecule is C=CC(=C)c1cc([Si](C)(C)C)ccn1. The van der Waals surface area contributed by atoms with Crippen molar-refractivity contribution in [2.45, 2.75) is 19.6 Å². The second-order valence-electron chi connectivity index (χ2n) is 4.41. The quantitative estimate of drug-likeness (QED) is 0.544. The summed E-state index contributed by atoms with van der Waals surface area (Å²) in [5, 5.41) is 1.41. The predicted molar refractivity (Wildman–Crippen MR) is 66.4 cm³/mol. The van der Waals surface area contributed by atoms with Crippen LogP contribution in [0.3, 0.4) is 0 Å². The van der Waals surface area contributed by atoms with Crippen LogP contribution < -0.4 is 5.19 Å². The van der Waals surface area contributed by atoms with E-state index in [9.17, 15) is 0 Å². The molecule has 0 aliphatic heterocycles. The van der Waals surface area contributed by atoms with Gasteiger partial charge in [0, 0.05) is 6.20 Å². The van der Waals surface area contributed by atoms with E-state index < -0.39 is 8.07 Å². The van der Waals surface area contributed by atoms with Gasteiger partial charge in [-0.05, 0) is 17.7 Å². The summed E-state index contributed by atoms with van der Waals surface area (Å²) in [7, 11) is -1.24. The van der Waals surface area contributed by atoms with Gasteiger partial charge in [0.15, 0.2) is 0 Å². The molecule has 1 aromatic heterocycles. The smallest absolute Gasteiger partial charge is 0.0777 e. The zero-order valence-corrected chi connectivity index (χ0v) is 10.2. The van der Waals surface area contributed by atoms with Crippen LogP contribution in [0.1, 0.15) is 5.69 Å². The average molecular weight is 203 g/mol. The molecule has 2 heteroatoms. The molecular weight excluding hydrogens is 186 g/mol. The standard InChI is InChI=1S/C12H17NSi/c1-6-10(2)12-9-11(7-8-13-12)14(3,4)5/h6-9H,1-2H2,3-5H3. The minimum Gasteiger partial charge on any atom is -0.256 e. The molecule has 0 saturated carbocycles. The van der Waals surface area contributed by atoms with E-state index in [1.165, 1.54) is 5.19 Å². The third kappa shape index (κ3) is 2.42. The van der Waals surface area contributed by atoms with Crippen LogP contribution >= 0.6 is 0 Å². The molecule has 0 fully saturated rings. The Morgan fingerprint density at radius 3 is 2.57 bits per heavy atom. The monoisotopic (exact) mass is 203 g/mol. The second-order valence-corrected chi connectivity index (χ2v) is 9.49. The summed E-state index contributed by atoms with van der Waals surface area (Å²) in [5.41, 5.74) is 1.84. The first-order valence-electron chi connectivity index (χ1n) is 4.73. The molecular formula is C12H17NSi. The lowest BCUT2D eigenvalue weighted by Crippen LogP contribution is -2.37. The highest BCUT2D eigenvalue weighted by molar-refractivity contribution is 6.88. The van der Waals surface area contributed by atoms with Gasteiger partial charge in [-0.3, -0.25) is 4.98 Å². The Kier molecular flexibility index (Phi) is 3.06. The molecule has 74 valence electrons. The topological polar surface area (TPSA) is 12.9 Å². The molecule has 0 spiro atoms. The molecule has 0 unspecified atom stereocenters. The van der Waals surface area contributed by atoms with Crippen molar-refractivity contribution in [2.75, 3.05) is 0 Å². The number of pyridine rings is 1. The van der Waals surface area contributed by atoms with E-state index in [2.05, 4.69) is 49.9 Å². The summed E-state index contributed by atoms with van der Waals surface area (Å²) in [6.07, 6.45) is 3.61. The van der Waals surface area contributed by atoms with Gasteiger partial charge in [-0.2, -0.15) is 0 Å². The first-order chi connectivity index (χ1) is 6.45. The summed E-state index contributed by atoms with van der Waals surface area (Å²) < 4.78 is 0. The second kappa shape index (κ2) is 3.92. The van der Waals surface area contributed by atoms with Crippen molar-refractivity contribution in [1.29, 1.82) is 0 Å². The molecule has 1 aromatic rings. The normalized spacial score (nSPS) is 11.1. The molecule has 0 saturated heterocycles. The predicted octanol–water partition coefficient (Wildman–Crippen LogP) is 2.83. The van der Waals surface area contributed by atoms with Crippen LogP contribution in [-0.2, 0) is 0 Å². The molecule has 0 atom stereocenters. The maximum Gasteiger partial charge on any atom is 0.0777 e. The lowest BCUT2D eigenvalue weighted by molar-refractivity contribution is 1.29. The Morgan fingerprint density at radius 1 is 1.43 bits per heavy atom. The summed E-state index contributed by atoms with van der Waals surface area (Å²) in [5.74, 6) is 0. The lowest BCUT2D eigenvalue weighted by atomic mass is 10.2. The van der Waals surface area contributed by atoms with Gasteiger partial charge in [0.1, 0.15) is 0 Å². The van der Waals surface area contributed by atoms with E-state index in [4.69, 9.17) is 0 Å². The van der Waals surface area contributed by atoms with Crippen molar-refractivity contribution < 1.29 is 0 Å². The van der Waals surface area contributed by atoms with Crippen molar-refractivity contribution in [3.8, 4) is 0 Å². The van der Waals surface area contributed by atoms with Crippen molar-refractivity contribution in [1.82, 2.24) is 4.98 Å². The van der Waals surface area contributed by atoms with Gasteiger partial charge in [-0.1, -0.05) is 44.1 Å². The highest BCUT2D eigenvalue weighted by atomic mass is 28.3. The number of nitrogens with zero attached hydrogens (tertiary/aromatic N) is 1. The Balaban J connectivity index is 3.14. The number of aromatic nitrogens is 1. The largest absolute Gasteiger partial charge is 0.256 e. The van der Waals surface area contributed by atoms with Crippen LogP contribution in [0.5, 0.6) is 0 Å². The molecule has 14 heavy (non-hydrogen) atoms. The van der Waals surface area contributed by atoms with Gasteiger partial charge in [-0.25, -0.2) is 0 Å². The van der Waals surface area contributed by atoms with Gasteiger partial charge in [0.2, 0.25) is 0 Å². The van der Waals surface area contributed by atoms with Crippen molar-refractivity contribution in [2.24, 2.45) is 0 Å². The number of hydrogen-bond acceptors (Lipinski definition) is 1. The fourth-order valence-electron chi connectivity index (χ4n) is 1.18. The van der Waals surface area contributed by atoms with E-state index in [0.717, 1.165) is 11.3 Å². The highest BCUT2D eigenvalue weighted by Gasteiger charge is 2.16. The number of rotatable bonds is 3. The molecule has 1 heterocycles. The van der Waals surface area contributed by atoms with Crippen LogP contribution in [0.25, 0.3) is 5.57 Å². The van der Waals surface area contributed by atoms with Gasteiger partial charge in [0.25, 0.3) is 0 Å². The van der Waals surface area contributed by atoms with Crippen LogP contribution in [0.2, 0.25) is 19.6 Å². The van der Waals surface area contributed by atoms with Crippen LogP contribution in [-0.4, -0.2) is 13.1 Å². The number of hydrogen-bond donors (Lipinski definition) is 0. The van der Waals surface area contributed by atoms with Gasteiger partial charge < -0.3 is 0 Å². The molecule has 0 aliphatic rings. The Labute approximate surface area is 87.2 Å². The van der Waals surface area contributed by atoms with Gasteiger partial charge in [-0.15, -0.1) is 0 Å². The fraction of sp³-hybridized carbons (Fsp3) is 0.250. The molecule has 0 amide bonds. The van der Waals surface area contributed by atoms with Crippen LogP contribution in [0.4, 0.5) is 0 Å². The Bertz CT molecular complexity index is 361. The molecule has 1 nitrogen and oxygen atoms in total. The molecule has 0 N–H and O–H groups in total. The van der Waals surface area contributed by atoms with Crippen molar-refractivity contribution >= 4 is 18.8 Å². The van der Waals surface area contributed by atoms with Gasteiger partial charge >= 0.3 is 0 Å². The summed E-state index contributed by atoms with van der Waals surface area (Å²) in [6, 6.07) is 4.24. The maximum absolute atomic E-state index is 4.28. The van der Waals surface area contributed by atoms with Gasteiger partial charge in [0.05, 0.1) is 13.8 Å². The molecule has 0 aromatic carbocycles. The zero-order chi connectivity index (χ0) is 10.8. The highest BCUT2D eigenvalue weighted by Crippen LogP contribution is 2.10. The fourth-order valence-corrected chi connectivity index (χ4v) is 2.32. The van der Waals surface area contributed by atoms with E-state index >= 15 is 0 Å². The average Bonchev–Trinajstić information content (AvgIpc) is 2.15. The molecule has 1 rings (SSSR count). The summed E-state index contributed by atoms with van der Waals surface area (Å²) >= 11 is 0. The summed E-state index contributed by atoms with van der Waals surface area (Å²) in [4.78, 5) is 4.28. The maximum atomic E-state index is 4.28. The Morgan fingerprint density at radius 2 is 2.07 bits per heavy atom. The van der Waals surface area contributed by atoms with Crippen molar-refractivity contribution in [3.05, 3.63) is 43.3 Å². The molecule has 0 bridgehead atoms.